The highest BCUT2D eigenvalue weighted by molar-refractivity contribution is 5.39. The lowest BCUT2D eigenvalue weighted by molar-refractivity contribution is -0.122. The van der Waals surface area contributed by atoms with Gasteiger partial charge in [0.05, 0.1) is 25.9 Å². The van der Waals surface area contributed by atoms with Gasteiger partial charge in [-0.1, -0.05) is 13.8 Å². The van der Waals surface area contributed by atoms with E-state index in [4.69, 9.17) is 14.2 Å². The highest BCUT2D eigenvalue weighted by Crippen LogP contribution is 2.34. The fourth-order valence-corrected chi connectivity index (χ4v) is 2.68. The number of morpholine rings is 1. The van der Waals surface area contributed by atoms with Crippen molar-refractivity contribution < 1.29 is 14.2 Å². The van der Waals surface area contributed by atoms with Crippen LogP contribution >= 0.6 is 0 Å². The second kappa shape index (κ2) is 6.46. The van der Waals surface area contributed by atoms with Crippen molar-refractivity contribution in [1.82, 2.24) is 5.32 Å². The van der Waals surface area contributed by atoms with Crippen molar-refractivity contribution in [2.24, 2.45) is 0 Å². The molecule has 0 bridgehead atoms. The molecule has 4 heteroatoms. The summed E-state index contributed by atoms with van der Waals surface area (Å²) < 4.78 is 17.1. The zero-order chi connectivity index (χ0) is 14.6. The molecule has 1 fully saturated rings. The molecule has 0 aliphatic carbocycles. The fraction of sp³-hybridized carbons (Fsp3) is 0.625. The van der Waals surface area contributed by atoms with E-state index in [1.54, 1.807) is 14.2 Å². The van der Waals surface area contributed by atoms with Gasteiger partial charge in [0.2, 0.25) is 0 Å². The van der Waals surface area contributed by atoms with Crippen LogP contribution in [0.3, 0.4) is 0 Å². The first-order valence-electron chi connectivity index (χ1n) is 7.28. The molecule has 4 nitrogen and oxygen atoms in total. The zero-order valence-electron chi connectivity index (χ0n) is 12.9. The Kier molecular flexibility index (Phi) is 4.89. The molecule has 0 spiro atoms. The minimum Gasteiger partial charge on any atom is -0.497 e. The lowest BCUT2D eigenvalue weighted by Gasteiger charge is -2.41. The molecule has 1 unspecified atom stereocenters. The molecule has 112 valence electrons. The quantitative estimate of drug-likeness (QED) is 0.899. The summed E-state index contributed by atoms with van der Waals surface area (Å²) in [7, 11) is 3.34. The molecule has 1 saturated heterocycles. The topological polar surface area (TPSA) is 39.7 Å². The number of hydrogen-bond donors (Lipinski definition) is 1. The molecule has 0 amide bonds. The lowest BCUT2D eigenvalue weighted by atomic mass is 9.93. The predicted molar refractivity (Wildman–Crippen MR) is 79.6 cm³/mol. The van der Waals surface area contributed by atoms with E-state index < -0.39 is 0 Å². The van der Waals surface area contributed by atoms with Crippen LogP contribution in [0.2, 0.25) is 0 Å². The van der Waals surface area contributed by atoms with Crippen LogP contribution < -0.4 is 14.8 Å². The van der Waals surface area contributed by atoms with Crippen LogP contribution in [-0.2, 0) is 4.74 Å². The van der Waals surface area contributed by atoms with Crippen LogP contribution in [-0.4, -0.2) is 32.9 Å². The van der Waals surface area contributed by atoms with E-state index >= 15 is 0 Å². The maximum atomic E-state index is 6.38. The standard InChI is InChI=1S/C16H25NO3/c1-5-16(6-2)11-17-10-15(20-16)12-7-13(18-3)9-14(8-12)19-4/h7-9,15,17H,5-6,10-11H2,1-4H3. The fourth-order valence-electron chi connectivity index (χ4n) is 2.68. The van der Waals surface area contributed by atoms with E-state index in [2.05, 4.69) is 19.2 Å². The molecular weight excluding hydrogens is 254 g/mol. The van der Waals surface area contributed by atoms with Crippen molar-refractivity contribution in [2.75, 3.05) is 27.3 Å². The van der Waals surface area contributed by atoms with Gasteiger partial charge < -0.3 is 19.5 Å². The number of hydrogen-bond acceptors (Lipinski definition) is 4. The summed E-state index contributed by atoms with van der Waals surface area (Å²) in [5, 5.41) is 3.49. The third-order valence-corrected chi connectivity index (χ3v) is 4.20. The Morgan fingerprint density at radius 3 is 2.25 bits per heavy atom. The molecule has 1 atom stereocenters. The Balaban J connectivity index is 2.26. The van der Waals surface area contributed by atoms with Crippen molar-refractivity contribution in [3.05, 3.63) is 23.8 Å². The third-order valence-electron chi connectivity index (χ3n) is 4.20. The van der Waals surface area contributed by atoms with Gasteiger partial charge in [-0.05, 0) is 30.5 Å². The molecule has 0 aromatic heterocycles. The molecule has 0 radical (unpaired) electrons. The Morgan fingerprint density at radius 1 is 1.15 bits per heavy atom. The number of nitrogens with one attached hydrogen (secondary N) is 1. The zero-order valence-corrected chi connectivity index (χ0v) is 12.9. The van der Waals surface area contributed by atoms with Gasteiger partial charge >= 0.3 is 0 Å². The maximum Gasteiger partial charge on any atom is 0.122 e. The van der Waals surface area contributed by atoms with Gasteiger partial charge in [0.1, 0.15) is 11.5 Å². The van der Waals surface area contributed by atoms with Gasteiger partial charge in [0.15, 0.2) is 0 Å². The lowest BCUT2D eigenvalue weighted by Crippen LogP contribution is -2.50. The van der Waals surface area contributed by atoms with Crippen molar-refractivity contribution in [3.63, 3.8) is 0 Å². The maximum absolute atomic E-state index is 6.38. The van der Waals surface area contributed by atoms with Gasteiger partial charge in [-0.2, -0.15) is 0 Å². The Bertz CT molecular complexity index is 421. The second-order valence-electron chi connectivity index (χ2n) is 5.27. The monoisotopic (exact) mass is 279 g/mol. The molecule has 1 aromatic carbocycles. The number of rotatable bonds is 5. The Morgan fingerprint density at radius 2 is 1.75 bits per heavy atom. The highest BCUT2D eigenvalue weighted by Gasteiger charge is 2.34. The molecule has 1 aliphatic heterocycles. The summed E-state index contributed by atoms with van der Waals surface area (Å²) in [4.78, 5) is 0. The van der Waals surface area contributed by atoms with Gasteiger partial charge in [-0.25, -0.2) is 0 Å². The number of benzene rings is 1. The van der Waals surface area contributed by atoms with Gasteiger partial charge in [-0.3, -0.25) is 0 Å². The van der Waals surface area contributed by atoms with Crippen LogP contribution in [0, 0.1) is 0 Å². The van der Waals surface area contributed by atoms with Crippen LogP contribution in [0.15, 0.2) is 18.2 Å². The van der Waals surface area contributed by atoms with E-state index in [-0.39, 0.29) is 11.7 Å². The summed E-state index contributed by atoms with van der Waals surface area (Å²) in [5.41, 5.74) is 1.03. The van der Waals surface area contributed by atoms with Crippen LogP contribution in [0.1, 0.15) is 38.4 Å². The van der Waals surface area contributed by atoms with Gasteiger partial charge in [0.25, 0.3) is 0 Å². The van der Waals surface area contributed by atoms with E-state index in [0.29, 0.717) is 0 Å². The summed E-state index contributed by atoms with van der Waals surface area (Å²) in [6.07, 6.45) is 2.05. The summed E-state index contributed by atoms with van der Waals surface area (Å²) in [6.45, 7) is 6.09. The van der Waals surface area contributed by atoms with Crippen LogP contribution in [0.4, 0.5) is 0 Å². The minimum absolute atomic E-state index is 0.0349. The van der Waals surface area contributed by atoms with Crippen molar-refractivity contribution in [3.8, 4) is 11.5 Å². The number of ether oxygens (including phenoxy) is 3. The smallest absolute Gasteiger partial charge is 0.122 e. The van der Waals surface area contributed by atoms with Crippen LogP contribution in [0.25, 0.3) is 0 Å². The Labute approximate surface area is 121 Å². The van der Waals surface area contributed by atoms with Crippen molar-refractivity contribution >= 4 is 0 Å². The molecule has 1 aromatic rings. The second-order valence-corrected chi connectivity index (χ2v) is 5.27. The Hall–Kier alpha value is -1.26. The van der Waals surface area contributed by atoms with E-state index in [1.165, 1.54) is 0 Å². The summed E-state index contributed by atoms with van der Waals surface area (Å²) >= 11 is 0. The third kappa shape index (κ3) is 3.07. The molecule has 1 heterocycles. The van der Waals surface area contributed by atoms with E-state index in [9.17, 15) is 0 Å². The van der Waals surface area contributed by atoms with E-state index in [0.717, 1.165) is 43.0 Å². The first kappa shape index (κ1) is 15.1. The molecule has 20 heavy (non-hydrogen) atoms. The SMILES string of the molecule is CCC1(CC)CNCC(c2cc(OC)cc(OC)c2)O1. The highest BCUT2D eigenvalue weighted by atomic mass is 16.5. The first-order valence-corrected chi connectivity index (χ1v) is 7.28. The molecule has 1 aliphatic rings. The normalized spacial score (nSPS) is 21.5. The summed E-state index contributed by atoms with van der Waals surface area (Å²) in [5.74, 6) is 1.60. The molecule has 0 saturated carbocycles. The van der Waals surface area contributed by atoms with E-state index in [1.807, 2.05) is 18.2 Å². The largest absolute Gasteiger partial charge is 0.497 e. The number of methoxy groups -OCH3 is 2. The average Bonchev–Trinajstić information content (AvgIpc) is 2.54. The van der Waals surface area contributed by atoms with Gasteiger partial charge in [0, 0.05) is 19.2 Å². The first-order chi connectivity index (χ1) is 9.66. The summed E-state index contributed by atoms with van der Waals surface area (Å²) in [6, 6.07) is 5.93. The predicted octanol–water partition coefficient (Wildman–Crippen LogP) is 2.92. The molecular formula is C16H25NO3. The average molecular weight is 279 g/mol. The minimum atomic E-state index is -0.0702. The van der Waals surface area contributed by atoms with Crippen molar-refractivity contribution in [2.45, 2.75) is 38.4 Å². The van der Waals surface area contributed by atoms with Crippen LogP contribution in [0.5, 0.6) is 11.5 Å². The van der Waals surface area contributed by atoms with Crippen molar-refractivity contribution in [1.29, 1.82) is 0 Å². The molecule has 2 rings (SSSR count). The molecule has 1 N–H and O–H groups in total. The van der Waals surface area contributed by atoms with Gasteiger partial charge in [-0.15, -0.1) is 0 Å².